The second-order valence-corrected chi connectivity index (χ2v) is 17.4. The van der Waals surface area contributed by atoms with Crippen LogP contribution in [0.2, 0.25) is 20.1 Å². The summed E-state index contributed by atoms with van der Waals surface area (Å²) in [6.07, 6.45) is 2.94. The molecule has 22 heteroatoms. The second-order valence-electron chi connectivity index (χ2n) is 15.7. The van der Waals surface area contributed by atoms with Gasteiger partial charge in [0.25, 0.3) is 17.6 Å². The number of carboxylic acid groups (broad SMARTS) is 1. The Kier molecular flexibility index (Phi) is 21.2. The van der Waals surface area contributed by atoms with E-state index in [1.807, 2.05) is 48.5 Å². The van der Waals surface area contributed by atoms with Crippen molar-refractivity contribution < 1.29 is 54.0 Å². The van der Waals surface area contributed by atoms with Crippen LogP contribution in [0.15, 0.2) is 129 Å². The van der Waals surface area contributed by atoms with E-state index in [9.17, 15) is 28.8 Å². The molecule has 4 aromatic heterocycles. The van der Waals surface area contributed by atoms with Crippen LogP contribution in [0.3, 0.4) is 0 Å². The van der Waals surface area contributed by atoms with Gasteiger partial charge in [0, 0.05) is 71.2 Å². The Morgan fingerprint density at radius 2 is 0.944 bits per heavy atom. The van der Waals surface area contributed by atoms with Gasteiger partial charge in [0.1, 0.15) is 0 Å². The van der Waals surface area contributed by atoms with E-state index < -0.39 is 28.7 Å². The predicted octanol–water partition coefficient (Wildman–Crippen LogP) is 4.97. The standard InChI is InChI=1S/C25H21Cl2N3O5.C25H21Cl2N3O4.Li.2H2O/c1-29-20-14-28-22(16-5-9-18(27)10-6-16)19(13-15-3-7-17(26)8-4-15)21(20)23(31)30(24(29)32)11-2-12-35-25(33)34;1-29-21-14-28-23(17-5-9-19(27)10-6-17)20(13-16-3-7-18(26)8-4-16)22(21)24(32)30(25(29)33)11-2-12-34-15-31;;;/h3-10,14H,2,11-13H2,1H3,(H,33,34);3-10,14-15H,2,11-13H2,1H3;;2*1H2/q;;+1;;/p-1. The van der Waals surface area contributed by atoms with Crippen molar-refractivity contribution in [2.24, 2.45) is 14.1 Å². The zero-order chi connectivity index (χ0) is 49.4. The number of ether oxygens (including phenoxy) is 2. The van der Waals surface area contributed by atoms with E-state index in [0.717, 1.165) is 26.8 Å². The number of aromatic nitrogens is 6. The van der Waals surface area contributed by atoms with Crippen LogP contribution in [0.4, 0.5) is 4.79 Å². The van der Waals surface area contributed by atoms with Crippen LogP contribution in [0.25, 0.3) is 44.3 Å². The fraction of sp³-hybridized carbons (Fsp3) is 0.200. The van der Waals surface area contributed by atoms with E-state index in [1.54, 1.807) is 68.8 Å². The van der Waals surface area contributed by atoms with E-state index in [4.69, 9.17) is 56.2 Å². The summed E-state index contributed by atoms with van der Waals surface area (Å²) in [5.41, 5.74) is 4.99. The number of benzene rings is 4. The summed E-state index contributed by atoms with van der Waals surface area (Å²) >= 11 is 24.3. The summed E-state index contributed by atoms with van der Waals surface area (Å²) in [5, 5.41) is 11.8. The first-order chi connectivity index (χ1) is 33.2. The number of carbonyl (C=O) groups is 2. The molecule has 8 aromatic rings. The number of nitrogens with zero attached hydrogens (tertiary/aromatic N) is 6. The molecule has 0 amide bonds. The van der Waals surface area contributed by atoms with Crippen molar-refractivity contribution in [1.82, 2.24) is 28.2 Å². The monoisotopic (exact) mass is 1050 g/mol. The molecule has 72 heavy (non-hydrogen) atoms. The first kappa shape index (κ1) is 58.1. The Labute approximate surface area is 442 Å². The minimum Gasteiger partial charge on any atom is -0.870 e. The number of halogens is 4. The van der Waals surface area contributed by atoms with Gasteiger partial charge < -0.3 is 25.5 Å². The minimum atomic E-state index is -1.41. The quantitative estimate of drug-likeness (QED) is 0.0619. The summed E-state index contributed by atoms with van der Waals surface area (Å²) in [6.45, 7) is 0.450. The van der Waals surface area contributed by atoms with Crippen molar-refractivity contribution in [3.05, 3.63) is 193 Å². The topological polar surface area (TPSA) is 248 Å². The molecule has 0 spiro atoms. The number of rotatable bonds is 15. The van der Waals surface area contributed by atoms with E-state index in [0.29, 0.717) is 90.1 Å². The molecule has 0 radical (unpaired) electrons. The maximum absolute atomic E-state index is 13.7. The fourth-order valence-electron chi connectivity index (χ4n) is 7.88. The van der Waals surface area contributed by atoms with Crippen molar-refractivity contribution in [3.8, 4) is 22.5 Å². The molecular formula is C50H45Cl4LiN6O11. The van der Waals surface area contributed by atoms with Crippen LogP contribution in [0.1, 0.15) is 35.1 Å². The number of hydrogen-bond acceptors (Lipinski definition) is 11. The molecule has 0 aliphatic rings. The Morgan fingerprint density at radius 1 is 0.597 bits per heavy atom. The fourth-order valence-corrected chi connectivity index (χ4v) is 8.38. The van der Waals surface area contributed by atoms with Crippen molar-refractivity contribution in [2.75, 3.05) is 13.2 Å². The van der Waals surface area contributed by atoms with E-state index in [1.165, 1.54) is 19.9 Å². The molecule has 0 aliphatic carbocycles. The molecule has 4 heterocycles. The molecule has 0 saturated heterocycles. The first-order valence-corrected chi connectivity index (χ1v) is 22.8. The van der Waals surface area contributed by atoms with Gasteiger partial charge in [-0.3, -0.25) is 42.6 Å². The largest absolute Gasteiger partial charge is 1.00 e. The van der Waals surface area contributed by atoms with E-state index in [-0.39, 0.29) is 62.5 Å². The molecule has 0 atom stereocenters. The average molecular weight is 1050 g/mol. The van der Waals surface area contributed by atoms with Crippen molar-refractivity contribution >= 4 is 80.8 Å². The summed E-state index contributed by atoms with van der Waals surface area (Å²) in [5.74, 6) is 0. The van der Waals surface area contributed by atoms with Gasteiger partial charge in [0.05, 0.1) is 58.8 Å². The summed E-state index contributed by atoms with van der Waals surface area (Å²) in [6, 6.07) is 29.0. The van der Waals surface area contributed by atoms with Crippen LogP contribution >= 0.6 is 46.4 Å². The van der Waals surface area contributed by atoms with Crippen LogP contribution in [0, 0.1) is 0 Å². The molecule has 17 nitrogen and oxygen atoms in total. The first-order valence-electron chi connectivity index (χ1n) is 21.3. The molecule has 0 unspecified atom stereocenters. The van der Waals surface area contributed by atoms with Gasteiger partial charge in [-0.1, -0.05) is 94.9 Å². The number of fused-ring (bicyclic) bond motifs is 2. The zero-order valence-electron chi connectivity index (χ0n) is 39.0. The predicted molar refractivity (Wildman–Crippen MR) is 273 cm³/mol. The van der Waals surface area contributed by atoms with Crippen LogP contribution < -0.4 is 41.4 Å². The van der Waals surface area contributed by atoms with Gasteiger partial charge >= 0.3 is 36.4 Å². The summed E-state index contributed by atoms with van der Waals surface area (Å²) < 4.78 is 14.3. The van der Waals surface area contributed by atoms with Gasteiger partial charge in [-0.25, -0.2) is 14.4 Å². The molecule has 0 fully saturated rings. The maximum atomic E-state index is 13.7. The Bertz CT molecular complexity index is 3440. The summed E-state index contributed by atoms with van der Waals surface area (Å²) in [4.78, 5) is 83.5. The SMILES string of the molecule is Cn1c(=O)n(CCCOC(=O)O)c(=O)c2c(Cc3ccc(Cl)cc3)c(-c3ccc(Cl)cc3)ncc21.Cn1c(=O)n(CCCOC=O)c(=O)c2c(Cc3ccc(Cl)cc3)c(-c3ccc(Cl)cc3)ncc21.O.[Li+].[OH-]. The normalized spacial score (nSPS) is 10.6. The van der Waals surface area contributed by atoms with Crippen LogP contribution in [-0.4, -0.2) is 70.1 Å². The number of carbonyl (C=O) groups excluding carboxylic acids is 1. The van der Waals surface area contributed by atoms with Gasteiger partial charge in [-0.2, -0.15) is 0 Å². The van der Waals surface area contributed by atoms with E-state index >= 15 is 0 Å². The van der Waals surface area contributed by atoms with Crippen LogP contribution in [0.5, 0.6) is 0 Å². The van der Waals surface area contributed by atoms with Gasteiger partial charge in [0.15, 0.2) is 0 Å². The Morgan fingerprint density at radius 3 is 1.29 bits per heavy atom. The molecule has 0 aliphatic heterocycles. The number of pyridine rings is 2. The third-order valence-corrected chi connectivity index (χ3v) is 12.3. The third kappa shape index (κ3) is 13.3. The Hall–Kier alpha value is -6.52. The van der Waals surface area contributed by atoms with Crippen molar-refractivity contribution in [3.63, 3.8) is 0 Å². The summed E-state index contributed by atoms with van der Waals surface area (Å²) in [7, 11) is 3.18. The molecule has 370 valence electrons. The van der Waals surface area contributed by atoms with Gasteiger partial charge in [-0.15, -0.1) is 0 Å². The molecule has 0 bridgehead atoms. The van der Waals surface area contributed by atoms with Crippen LogP contribution in [-0.2, 0) is 54.3 Å². The minimum absolute atomic E-state index is 0. The van der Waals surface area contributed by atoms with Gasteiger partial charge in [-0.05, 0) is 83.6 Å². The van der Waals surface area contributed by atoms with Crippen molar-refractivity contribution in [2.45, 2.75) is 38.8 Å². The zero-order valence-corrected chi connectivity index (χ0v) is 42.0. The molecule has 0 saturated carbocycles. The molecule has 4 aromatic carbocycles. The molecule has 4 N–H and O–H groups in total. The second kappa shape index (κ2) is 26.3. The Balaban J connectivity index is 0.000000300. The maximum Gasteiger partial charge on any atom is 1.00 e. The van der Waals surface area contributed by atoms with Gasteiger partial charge in [0.2, 0.25) is 0 Å². The van der Waals surface area contributed by atoms with Crippen molar-refractivity contribution in [1.29, 1.82) is 0 Å². The molecule has 8 rings (SSSR count). The smallest absolute Gasteiger partial charge is 0.870 e. The van der Waals surface area contributed by atoms with E-state index in [2.05, 4.69) is 14.7 Å². The number of aryl methyl sites for hydroxylation is 2. The molecular weight excluding hydrogens is 1010 g/mol. The third-order valence-electron chi connectivity index (χ3n) is 11.3. The number of hydrogen-bond donors (Lipinski definition) is 1. The average Bonchev–Trinajstić information content (AvgIpc) is 3.34.